The van der Waals surface area contributed by atoms with Gasteiger partial charge in [-0.1, -0.05) is 122 Å². The molecule has 5 nitrogen and oxygen atoms in total. The summed E-state index contributed by atoms with van der Waals surface area (Å²) in [6.07, 6.45) is 22.1. The first-order valence-electron chi connectivity index (χ1n) is 15.4. The van der Waals surface area contributed by atoms with E-state index < -0.39 is 0 Å². The van der Waals surface area contributed by atoms with Crippen LogP contribution in [0.25, 0.3) is 0 Å². The van der Waals surface area contributed by atoms with E-state index in [1.807, 2.05) is 35.2 Å². The van der Waals surface area contributed by atoms with Crippen molar-refractivity contribution in [3.8, 4) is 0 Å². The number of nitrogens with two attached hydrogens (primary N) is 1. The minimum absolute atomic E-state index is 0.153. The van der Waals surface area contributed by atoms with Crippen LogP contribution < -0.4 is 5.73 Å². The number of piperazine rings is 1. The highest BCUT2D eigenvalue weighted by molar-refractivity contribution is 5.94. The van der Waals surface area contributed by atoms with Gasteiger partial charge in [0.05, 0.1) is 0 Å². The Hall–Kier alpha value is -1.88. The maximum Gasteiger partial charge on any atom is 0.253 e. The van der Waals surface area contributed by atoms with E-state index in [1.165, 1.54) is 96.3 Å². The van der Waals surface area contributed by atoms with Crippen LogP contribution in [0.3, 0.4) is 0 Å². The molecule has 2 amide bonds. The number of carbonyl (C=O) groups is 2. The molecular formula is C32H57N3O2. The van der Waals surface area contributed by atoms with Gasteiger partial charge < -0.3 is 10.6 Å². The molecular weight excluding hydrogens is 458 g/mol. The zero-order chi connectivity index (χ0) is 27.0. The summed E-state index contributed by atoms with van der Waals surface area (Å²) >= 11 is 0. The van der Waals surface area contributed by atoms with Crippen molar-refractivity contribution in [2.45, 2.75) is 123 Å². The Kier molecular flexibility index (Phi) is 20.8. The van der Waals surface area contributed by atoms with E-state index in [0.29, 0.717) is 6.42 Å². The number of primary amides is 1. The number of nitrogens with zero attached hydrogens (tertiary/aromatic N) is 2. The highest BCUT2D eigenvalue weighted by Crippen LogP contribution is 2.13. The van der Waals surface area contributed by atoms with Crippen molar-refractivity contribution >= 4 is 11.8 Å². The second kappa shape index (κ2) is 23.3. The number of benzene rings is 1. The summed E-state index contributed by atoms with van der Waals surface area (Å²) in [4.78, 5) is 27.1. The molecule has 1 aromatic carbocycles. The normalized spacial score (nSPS) is 13.7. The van der Waals surface area contributed by atoms with E-state index >= 15 is 0 Å². The summed E-state index contributed by atoms with van der Waals surface area (Å²) in [6, 6.07) is 9.55. The minimum atomic E-state index is -0.153. The van der Waals surface area contributed by atoms with Gasteiger partial charge in [0, 0.05) is 38.2 Å². The molecule has 0 radical (unpaired) electrons. The molecule has 1 saturated heterocycles. The lowest BCUT2D eigenvalue weighted by Gasteiger charge is -2.34. The van der Waals surface area contributed by atoms with Crippen LogP contribution in [0.15, 0.2) is 30.3 Å². The zero-order valence-corrected chi connectivity index (χ0v) is 24.2. The van der Waals surface area contributed by atoms with Crippen molar-refractivity contribution in [2.24, 2.45) is 5.73 Å². The smallest absolute Gasteiger partial charge is 0.253 e. The van der Waals surface area contributed by atoms with Crippen LogP contribution in [-0.2, 0) is 4.79 Å². The monoisotopic (exact) mass is 515 g/mol. The Morgan fingerprint density at radius 3 is 1.54 bits per heavy atom. The Morgan fingerprint density at radius 1 is 0.649 bits per heavy atom. The first kappa shape index (κ1) is 33.1. The predicted octanol–water partition coefficient (Wildman–Crippen LogP) is 7.59. The molecule has 212 valence electrons. The van der Waals surface area contributed by atoms with E-state index in [0.717, 1.165) is 44.7 Å². The van der Waals surface area contributed by atoms with Crippen LogP contribution in [0.4, 0.5) is 0 Å². The van der Waals surface area contributed by atoms with E-state index in [4.69, 9.17) is 5.73 Å². The molecule has 1 aromatic rings. The van der Waals surface area contributed by atoms with Gasteiger partial charge >= 0.3 is 0 Å². The van der Waals surface area contributed by atoms with Crippen LogP contribution in [0.1, 0.15) is 133 Å². The van der Waals surface area contributed by atoms with Gasteiger partial charge in [-0.05, 0) is 31.5 Å². The lowest BCUT2D eigenvalue weighted by molar-refractivity contribution is -0.118. The average molecular weight is 516 g/mol. The molecule has 1 fully saturated rings. The first-order valence-corrected chi connectivity index (χ1v) is 15.4. The number of amides is 2. The number of carbonyl (C=O) groups excluding carboxylic acids is 2. The third kappa shape index (κ3) is 18.1. The molecule has 2 rings (SSSR count). The molecule has 37 heavy (non-hydrogen) atoms. The van der Waals surface area contributed by atoms with Gasteiger partial charge in [-0.3, -0.25) is 14.5 Å². The SMILES string of the molecule is CCCCCCCCCCCCCCCCCC(N)=O.CCCN1CCN(C(=O)c2ccccc2)CC1. The Balaban J connectivity index is 0.000000373. The minimum Gasteiger partial charge on any atom is -0.370 e. The quantitative estimate of drug-likeness (QED) is 0.193. The maximum absolute atomic E-state index is 12.2. The van der Waals surface area contributed by atoms with Gasteiger partial charge in [0.1, 0.15) is 0 Å². The van der Waals surface area contributed by atoms with Crippen molar-refractivity contribution in [3.05, 3.63) is 35.9 Å². The number of hydrogen-bond acceptors (Lipinski definition) is 3. The summed E-state index contributed by atoms with van der Waals surface area (Å²) in [5, 5.41) is 0. The second-order valence-corrected chi connectivity index (χ2v) is 10.7. The summed E-state index contributed by atoms with van der Waals surface area (Å²) in [5.74, 6) is 0.0152. The molecule has 1 aliphatic rings. The van der Waals surface area contributed by atoms with Gasteiger partial charge in [-0.15, -0.1) is 0 Å². The maximum atomic E-state index is 12.2. The van der Waals surface area contributed by atoms with E-state index in [-0.39, 0.29) is 11.8 Å². The van der Waals surface area contributed by atoms with Crippen LogP contribution in [0.5, 0.6) is 0 Å². The van der Waals surface area contributed by atoms with Crippen molar-refractivity contribution < 1.29 is 9.59 Å². The molecule has 1 aliphatic heterocycles. The highest BCUT2D eigenvalue weighted by Gasteiger charge is 2.21. The number of unbranched alkanes of at least 4 members (excludes halogenated alkanes) is 14. The third-order valence-corrected chi connectivity index (χ3v) is 7.25. The molecule has 0 bridgehead atoms. The Labute approximate surface area is 228 Å². The zero-order valence-electron chi connectivity index (χ0n) is 24.2. The molecule has 5 heteroatoms. The van der Waals surface area contributed by atoms with Gasteiger partial charge in [-0.2, -0.15) is 0 Å². The van der Waals surface area contributed by atoms with E-state index in [2.05, 4.69) is 18.7 Å². The summed E-state index contributed by atoms with van der Waals surface area (Å²) in [6.45, 7) is 9.34. The third-order valence-electron chi connectivity index (χ3n) is 7.25. The van der Waals surface area contributed by atoms with Gasteiger partial charge in [0.15, 0.2) is 0 Å². The van der Waals surface area contributed by atoms with Gasteiger partial charge in [0.25, 0.3) is 5.91 Å². The van der Waals surface area contributed by atoms with Crippen LogP contribution in [0.2, 0.25) is 0 Å². The number of rotatable bonds is 19. The fourth-order valence-corrected chi connectivity index (χ4v) is 4.92. The Bertz CT molecular complexity index is 672. The molecule has 0 unspecified atom stereocenters. The average Bonchev–Trinajstić information content (AvgIpc) is 2.92. The van der Waals surface area contributed by atoms with Crippen molar-refractivity contribution in [1.29, 1.82) is 0 Å². The summed E-state index contributed by atoms with van der Waals surface area (Å²) in [7, 11) is 0. The van der Waals surface area contributed by atoms with Crippen molar-refractivity contribution in [3.63, 3.8) is 0 Å². The number of hydrogen-bond donors (Lipinski definition) is 1. The lowest BCUT2D eigenvalue weighted by Crippen LogP contribution is -2.48. The molecule has 0 atom stereocenters. The van der Waals surface area contributed by atoms with Crippen LogP contribution in [-0.4, -0.2) is 54.3 Å². The molecule has 0 aromatic heterocycles. The second-order valence-electron chi connectivity index (χ2n) is 10.7. The standard InChI is InChI=1S/C18H37NO.C14H20N2O/c1-2-3-4-5-6-7-8-9-10-11-12-13-14-15-16-17-18(19)20;1-2-8-15-9-11-16(12-10-15)14(17)13-6-4-3-5-7-13/h2-17H2,1H3,(H2,19,20);3-7H,2,8-12H2,1H3. The molecule has 0 spiro atoms. The molecule has 0 aliphatic carbocycles. The van der Waals surface area contributed by atoms with Gasteiger partial charge in [0.2, 0.25) is 5.91 Å². The van der Waals surface area contributed by atoms with E-state index in [1.54, 1.807) is 0 Å². The summed E-state index contributed by atoms with van der Waals surface area (Å²) in [5.41, 5.74) is 5.91. The molecule has 2 N–H and O–H groups in total. The fraction of sp³-hybridized carbons (Fsp3) is 0.750. The first-order chi connectivity index (χ1) is 18.1. The van der Waals surface area contributed by atoms with Gasteiger partial charge in [-0.25, -0.2) is 0 Å². The molecule has 0 saturated carbocycles. The highest BCUT2D eigenvalue weighted by atomic mass is 16.2. The van der Waals surface area contributed by atoms with E-state index in [9.17, 15) is 9.59 Å². The Morgan fingerprint density at radius 2 is 1.11 bits per heavy atom. The predicted molar refractivity (Wildman–Crippen MR) is 158 cm³/mol. The van der Waals surface area contributed by atoms with Crippen LogP contribution in [0, 0.1) is 0 Å². The lowest BCUT2D eigenvalue weighted by atomic mass is 10.0. The van der Waals surface area contributed by atoms with Crippen molar-refractivity contribution in [2.75, 3.05) is 32.7 Å². The van der Waals surface area contributed by atoms with Crippen LogP contribution >= 0.6 is 0 Å². The summed E-state index contributed by atoms with van der Waals surface area (Å²) < 4.78 is 0. The topological polar surface area (TPSA) is 66.6 Å². The molecule has 1 heterocycles. The fourth-order valence-electron chi connectivity index (χ4n) is 4.92. The largest absolute Gasteiger partial charge is 0.370 e. The van der Waals surface area contributed by atoms with Crippen molar-refractivity contribution in [1.82, 2.24) is 9.80 Å².